The van der Waals surface area contributed by atoms with Crippen molar-refractivity contribution in [3.8, 4) is 0 Å². The maximum absolute atomic E-state index is 13.2. The summed E-state index contributed by atoms with van der Waals surface area (Å²) in [6.07, 6.45) is 6.88. The maximum Gasteiger partial charge on any atom is 0.238 e. The Balaban J connectivity index is 1.62. The third kappa shape index (κ3) is 1.71. The van der Waals surface area contributed by atoms with Gasteiger partial charge in [-0.2, -0.15) is 0 Å². The summed E-state index contributed by atoms with van der Waals surface area (Å²) in [7, 11) is 0. The van der Waals surface area contributed by atoms with Crippen LogP contribution in [0, 0.1) is 23.7 Å². The molecule has 2 saturated carbocycles. The molecular formula is C20H21NO2. The number of amides is 2. The molecule has 1 aromatic carbocycles. The Kier molecular flexibility index (Phi) is 2.82. The highest BCUT2D eigenvalue weighted by atomic mass is 16.2. The summed E-state index contributed by atoms with van der Waals surface area (Å²) in [6, 6.07) is 9.49. The quantitative estimate of drug-likeness (QED) is 0.586. The molecule has 4 aliphatic rings. The molecule has 3 fully saturated rings. The lowest BCUT2D eigenvalue weighted by molar-refractivity contribution is -0.122. The van der Waals surface area contributed by atoms with Crippen LogP contribution in [0.4, 0.5) is 5.69 Å². The number of rotatable bonds is 1. The molecule has 1 heterocycles. The summed E-state index contributed by atoms with van der Waals surface area (Å²) < 4.78 is 0. The lowest BCUT2D eigenvalue weighted by Crippen LogP contribution is -2.35. The van der Waals surface area contributed by atoms with Gasteiger partial charge in [-0.25, -0.2) is 0 Å². The van der Waals surface area contributed by atoms with Gasteiger partial charge in [-0.1, -0.05) is 29.3 Å². The Bertz CT molecular complexity index is 678. The summed E-state index contributed by atoms with van der Waals surface area (Å²) >= 11 is 0. The van der Waals surface area contributed by atoms with E-state index < -0.39 is 0 Å². The van der Waals surface area contributed by atoms with E-state index in [9.17, 15) is 9.59 Å². The summed E-state index contributed by atoms with van der Waals surface area (Å²) in [6.45, 7) is 0. The summed E-state index contributed by atoms with van der Waals surface area (Å²) in [4.78, 5) is 27.8. The van der Waals surface area contributed by atoms with Crippen molar-refractivity contribution in [2.75, 3.05) is 4.90 Å². The first-order chi connectivity index (χ1) is 11.3. The molecule has 1 saturated heterocycles. The lowest BCUT2D eigenvalue weighted by atomic mass is 9.66. The molecule has 0 radical (unpaired) electrons. The van der Waals surface area contributed by atoms with E-state index in [1.807, 2.05) is 30.3 Å². The second-order valence-electron chi connectivity index (χ2n) is 7.45. The van der Waals surface area contributed by atoms with Gasteiger partial charge in [-0.3, -0.25) is 14.5 Å². The highest BCUT2D eigenvalue weighted by Gasteiger charge is 2.59. The zero-order valence-corrected chi connectivity index (χ0v) is 13.2. The molecule has 3 nitrogen and oxygen atoms in total. The summed E-state index contributed by atoms with van der Waals surface area (Å²) in [5.74, 6) is 0.617. The van der Waals surface area contributed by atoms with Gasteiger partial charge in [0, 0.05) is 0 Å². The molecular weight excluding hydrogens is 286 g/mol. The molecule has 4 atom stereocenters. The van der Waals surface area contributed by atoms with Gasteiger partial charge in [0.1, 0.15) is 0 Å². The first-order valence-electron chi connectivity index (χ1n) is 8.92. The predicted octanol–water partition coefficient (Wildman–Crippen LogP) is 3.70. The van der Waals surface area contributed by atoms with Crippen LogP contribution in [0.25, 0.3) is 0 Å². The average molecular weight is 307 g/mol. The van der Waals surface area contributed by atoms with E-state index in [1.54, 1.807) is 11.1 Å². The van der Waals surface area contributed by atoms with Crippen LogP contribution in [0.1, 0.15) is 38.5 Å². The maximum atomic E-state index is 13.2. The Morgan fingerprint density at radius 3 is 1.83 bits per heavy atom. The van der Waals surface area contributed by atoms with E-state index >= 15 is 0 Å². The highest BCUT2D eigenvalue weighted by molar-refractivity contribution is 6.22. The van der Waals surface area contributed by atoms with Crippen molar-refractivity contribution in [1.29, 1.82) is 0 Å². The van der Waals surface area contributed by atoms with Crippen molar-refractivity contribution in [3.63, 3.8) is 0 Å². The Morgan fingerprint density at radius 2 is 1.30 bits per heavy atom. The predicted molar refractivity (Wildman–Crippen MR) is 87.6 cm³/mol. The number of hydrogen-bond donors (Lipinski definition) is 0. The van der Waals surface area contributed by atoms with E-state index in [2.05, 4.69) is 0 Å². The summed E-state index contributed by atoms with van der Waals surface area (Å²) in [5, 5.41) is 0. The van der Waals surface area contributed by atoms with Crippen molar-refractivity contribution >= 4 is 17.5 Å². The van der Waals surface area contributed by atoms with Gasteiger partial charge in [0.05, 0.1) is 17.5 Å². The minimum atomic E-state index is -0.0907. The van der Waals surface area contributed by atoms with E-state index in [4.69, 9.17) is 0 Å². The number of benzene rings is 1. The molecule has 0 unspecified atom stereocenters. The monoisotopic (exact) mass is 307 g/mol. The molecule has 0 spiro atoms. The fourth-order valence-electron chi connectivity index (χ4n) is 5.72. The fourth-order valence-corrected chi connectivity index (χ4v) is 5.72. The minimum absolute atomic E-state index is 0.0570. The van der Waals surface area contributed by atoms with Gasteiger partial charge in [-0.05, 0) is 62.5 Å². The number of imide groups is 1. The number of hydrogen-bond acceptors (Lipinski definition) is 2. The third-order valence-electron chi connectivity index (χ3n) is 6.51. The first-order valence-corrected chi connectivity index (χ1v) is 8.92. The highest BCUT2D eigenvalue weighted by Crippen LogP contribution is 2.57. The van der Waals surface area contributed by atoms with Crippen molar-refractivity contribution in [2.24, 2.45) is 23.7 Å². The van der Waals surface area contributed by atoms with Crippen LogP contribution in [0.5, 0.6) is 0 Å². The van der Waals surface area contributed by atoms with E-state index in [1.165, 1.54) is 17.7 Å². The molecule has 0 N–H and O–H groups in total. The zero-order valence-electron chi connectivity index (χ0n) is 13.2. The van der Waals surface area contributed by atoms with E-state index in [0.29, 0.717) is 11.8 Å². The van der Waals surface area contributed by atoms with Gasteiger partial charge in [0.25, 0.3) is 0 Å². The lowest BCUT2D eigenvalue weighted by Gasteiger charge is -2.34. The van der Waals surface area contributed by atoms with Crippen LogP contribution in [-0.2, 0) is 9.59 Å². The van der Waals surface area contributed by atoms with Gasteiger partial charge < -0.3 is 0 Å². The van der Waals surface area contributed by atoms with Gasteiger partial charge in [-0.15, -0.1) is 0 Å². The summed E-state index contributed by atoms with van der Waals surface area (Å²) in [5.41, 5.74) is 3.87. The first kappa shape index (κ1) is 13.5. The van der Waals surface area contributed by atoms with Crippen LogP contribution in [0.3, 0.4) is 0 Å². The average Bonchev–Trinajstić information content (AvgIpc) is 3.26. The number of allylic oxidation sites excluding steroid dienone is 2. The molecule has 1 aliphatic heterocycles. The number of nitrogens with zero attached hydrogens (tertiary/aromatic N) is 1. The van der Waals surface area contributed by atoms with Crippen LogP contribution in [0.15, 0.2) is 41.5 Å². The molecule has 5 rings (SSSR count). The Labute approximate surface area is 136 Å². The Hall–Kier alpha value is -1.90. The third-order valence-corrected chi connectivity index (χ3v) is 6.51. The van der Waals surface area contributed by atoms with E-state index in [0.717, 1.165) is 31.4 Å². The number of para-hydroxylation sites is 1. The van der Waals surface area contributed by atoms with Crippen LogP contribution < -0.4 is 4.90 Å². The van der Waals surface area contributed by atoms with Crippen molar-refractivity contribution in [3.05, 3.63) is 41.5 Å². The SMILES string of the molecule is O=C1[C@@H]2[C@H](C(=O)N1c1ccccc1)[C@H]1CCCC1=C1CCC[C@@H]12. The molecule has 3 aliphatic carbocycles. The van der Waals surface area contributed by atoms with Crippen LogP contribution in [0.2, 0.25) is 0 Å². The van der Waals surface area contributed by atoms with E-state index in [-0.39, 0.29) is 23.7 Å². The zero-order chi connectivity index (χ0) is 15.6. The molecule has 118 valence electrons. The minimum Gasteiger partial charge on any atom is -0.274 e. The molecule has 23 heavy (non-hydrogen) atoms. The number of fused-ring (bicyclic) bond motifs is 5. The van der Waals surface area contributed by atoms with Crippen molar-refractivity contribution in [2.45, 2.75) is 38.5 Å². The number of anilines is 1. The molecule has 2 amide bonds. The molecule has 3 heteroatoms. The van der Waals surface area contributed by atoms with Gasteiger partial charge >= 0.3 is 0 Å². The fraction of sp³-hybridized carbons (Fsp3) is 0.500. The normalized spacial score (nSPS) is 35.6. The topological polar surface area (TPSA) is 37.4 Å². The van der Waals surface area contributed by atoms with Gasteiger partial charge in [0.2, 0.25) is 11.8 Å². The largest absolute Gasteiger partial charge is 0.274 e. The van der Waals surface area contributed by atoms with Crippen LogP contribution >= 0.6 is 0 Å². The van der Waals surface area contributed by atoms with Gasteiger partial charge in [0.15, 0.2) is 0 Å². The number of carbonyl (C=O) groups excluding carboxylic acids is 2. The molecule has 1 aromatic rings. The van der Waals surface area contributed by atoms with Crippen LogP contribution in [-0.4, -0.2) is 11.8 Å². The smallest absolute Gasteiger partial charge is 0.238 e. The Morgan fingerprint density at radius 1 is 0.783 bits per heavy atom. The second kappa shape index (κ2) is 4.80. The van der Waals surface area contributed by atoms with Crippen molar-refractivity contribution < 1.29 is 9.59 Å². The molecule has 0 bridgehead atoms. The standard InChI is InChI=1S/C20H21NO2/c22-19-17-15-10-4-8-13(15)14-9-5-11-16(14)18(17)20(23)21(19)12-6-2-1-3-7-12/h1-3,6-7,15-18H,4-5,8-11H2/t15-,16-,17-,18+/m0/s1. The van der Waals surface area contributed by atoms with Crippen molar-refractivity contribution in [1.82, 2.24) is 0 Å². The molecule has 0 aromatic heterocycles. The number of carbonyl (C=O) groups is 2. The second-order valence-corrected chi connectivity index (χ2v) is 7.45.